The van der Waals surface area contributed by atoms with Gasteiger partial charge in [0.05, 0.1) is 5.56 Å². The van der Waals surface area contributed by atoms with Crippen molar-refractivity contribution < 1.29 is 9.21 Å². The average molecular weight is 236 g/mol. The van der Waals surface area contributed by atoms with Gasteiger partial charge < -0.3 is 15.1 Å². The van der Waals surface area contributed by atoms with Crippen LogP contribution in [0.4, 0.5) is 0 Å². The van der Waals surface area contributed by atoms with Gasteiger partial charge in [-0.25, -0.2) is 0 Å². The van der Waals surface area contributed by atoms with Crippen molar-refractivity contribution in [2.75, 3.05) is 13.1 Å². The zero-order valence-electron chi connectivity index (χ0n) is 10.7. The monoisotopic (exact) mass is 236 g/mol. The number of nitrogens with one attached hydrogen (secondary N) is 2. The molecular formula is C13H20N2O2. The highest BCUT2D eigenvalue weighted by Gasteiger charge is 2.24. The van der Waals surface area contributed by atoms with Gasteiger partial charge in [0.25, 0.3) is 5.91 Å². The van der Waals surface area contributed by atoms with Gasteiger partial charge in [-0.2, -0.15) is 0 Å². The molecule has 17 heavy (non-hydrogen) atoms. The molecule has 2 rings (SSSR count). The minimum atomic E-state index is -0.0279. The molecule has 0 saturated carbocycles. The quantitative estimate of drug-likeness (QED) is 0.820. The molecule has 1 saturated heterocycles. The Morgan fingerprint density at radius 1 is 1.53 bits per heavy atom. The Labute approximate surface area is 102 Å². The van der Waals surface area contributed by atoms with Crippen LogP contribution in [0.15, 0.2) is 10.5 Å². The molecular weight excluding hydrogens is 216 g/mol. The van der Waals surface area contributed by atoms with E-state index in [4.69, 9.17) is 4.42 Å². The third-order valence-corrected chi connectivity index (χ3v) is 3.43. The number of amides is 1. The summed E-state index contributed by atoms with van der Waals surface area (Å²) in [5.74, 6) is 1.97. The molecule has 2 N–H and O–H groups in total. The first kappa shape index (κ1) is 12.2. The highest BCUT2D eigenvalue weighted by Crippen LogP contribution is 2.16. The van der Waals surface area contributed by atoms with Crippen molar-refractivity contribution in [3.63, 3.8) is 0 Å². The Hall–Kier alpha value is -1.29. The summed E-state index contributed by atoms with van der Waals surface area (Å²) in [6.07, 6.45) is 1.11. The summed E-state index contributed by atoms with van der Waals surface area (Å²) < 4.78 is 5.38. The van der Waals surface area contributed by atoms with Gasteiger partial charge in [0.15, 0.2) is 0 Å². The summed E-state index contributed by atoms with van der Waals surface area (Å²) in [6, 6.07) is 2.01. The fraction of sp³-hybridized carbons (Fsp3) is 0.615. The molecule has 2 atom stereocenters. The molecule has 0 aromatic carbocycles. The molecule has 0 radical (unpaired) electrons. The summed E-state index contributed by atoms with van der Waals surface area (Å²) in [5, 5.41) is 6.38. The average Bonchev–Trinajstić information content (AvgIpc) is 2.61. The second-order valence-electron chi connectivity index (χ2n) is 4.88. The number of furan rings is 1. The van der Waals surface area contributed by atoms with Crippen LogP contribution in [0.5, 0.6) is 0 Å². The molecule has 1 aliphatic heterocycles. The van der Waals surface area contributed by atoms with E-state index in [9.17, 15) is 4.79 Å². The molecule has 94 valence electrons. The molecule has 1 aromatic rings. The van der Waals surface area contributed by atoms with Crippen LogP contribution in [0.3, 0.4) is 0 Å². The third kappa shape index (κ3) is 2.69. The first-order valence-electron chi connectivity index (χ1n) is 6.16. The molecule has 1 amide bonds. The number of carbonyl (C=O) groups excluding carboxylic acids is 1. The van der Waals surface area contributed by atoms with Crippen molar-refractivity contribution in [1.29, 1.82) is 0 Å². The Balaban J connectivity index is 2.03. The Bertz CT molecular complexity index is 412. The van der Waals surface area contributed by atoms with Crippen LogP contribution in [0.2, 0.25) is 0 Å². The first-order chi connectivity index (χ1) is 8.08. The number of hydrogen-bond acceptors (Lipinski definition) is 3. The van der Waals surface area contributed by atoms with Gasteiger partial charge in [0, 0.05) is 12.6 Å². The van der Waals surface area contributed by atoms with E-state index >= 15 is 0 Å². The lowest BCUT2D eigenvalue weighted by Gasteiger charge is -2.30. The van der Waals surface area contributed by atoms with Crippen molar-refractivity contribution in [1.82, 2.24) is 10.6 Å². The highest BCUT2D eigenvalue weighted by molar-refractivity contribution is 5.95. The molecule has 2 heterocycles. The SMILES string of the molecule is Cc1cc(C(=O)NC2CNCCC2C)c(C)o1. The van der Waals surface area contributed by atoms with Gasteiger partial charge in [-0.1, -0.05) is 6.92 Å². The van der Waals surface area contributed by atoms with E-state index in [0.29, 0.717) is 17.2 Å². The molecule has 1 fully saturated rings. The maximum Gasteiger partial charge on any atom is 0.255 e. The fourth-order valence-corrected chi connectivity index (χ4v) is 2.29. The maximum atomic E-state index is 12.1. The van der Waals surface area contributed by atoms with Crippen molar-refractivity contribution in [3.05, 3.63) is 23.2 Å². The molecule has 4 nitrogen and oxygen atoms in total. The zero-order valence-corrected chi connectivity index (χ0v) is 10.7. The summed E-state index contributed by atoms with van der Waals surface area (Å²) >= 11 is 0. The van der Waals surface area contributed by atoms with E-state index < -0.39 is 0 Å². The van der Waals surface area contributed by atoms with E-state index in [1.807, 2.05) is 13.8 Å². The van der Waals surface area contributed by atoms with Crippen LogP contribution in [-0.2, 0) is 0 Å². The highest BCUT2D eigenvalue weighted by atomic mass is 16.3. The molecule has 0 spiro atoms. The molecule has 2 unspecified atom stereocenters. The van der Waals surface area contributed by atoms with Gasteiger partial charge in [0.2, 0.25) is 0 Å². The van der Waals surface area contributed by atoms with Crippen LogP contribution >= 0.6 is 0 Å². The summed E-state index contributed by atoms with van der Waals surface area (Å²) in [6.45, 7) is 7.75. The number of aryl methyl sites for hydroxylation is 2. The number of hydrogen-bond donors (Lipinski definition) is 2. The minimum Gasteiger partial charge on any atom is -0.466 e. The number of piperidine rings is 1. The first-order valence-corrected chi connectivity index (χ1v) is 6.16. The van der Waals surface area contributed by atoms with Gasteiger partial charge in [-0.05, 0) is 38.8 Å². The predicted molar refractivity (Wildman–Crippen MR) is 66.1 cm³/mol. The van der Waals surface area contributed by atoms with Crippen LogP contribution in [0.25, 0.3) is 0 Å². The van der Waals surface area contributed by atoms with E-state index in [-0.39, 0.29) is 11.9 Å². The minimum absolute atomic E-state index is 0.0279. The van der Waals surface area contributed by atoms with Crippen LogP contribution in [-0.4, -0.2) is 25.0 Å². The van der Waals surface area contributed by atoms with E-state index in [2.05, 4.69) is 17.6 Å². The van der Waals surface area contributed by atoms with Gasteiger partial charge >= 0.3 is 0 Å². The summed E-state index contributed by atoms with van der Waals surface area (Å²) in [7, 11) is 0. The Morgan fingerprint density at radius 2 is 2.29 bits per heavy atom. The number of rotatable bonds is 2. The largest absolute Gasteiger partial charge is 0.466 e. The topological polar surface area (TPSA) is 54.3 Å². The van der Waals surface area contributed by atoms with Crippen LogP contribution in [0.1, 0.15) is 35.2 Å². The second kappa shape index (κ2) is 4.92. The third-order valence-electron chi connectivity index (χ3n) is 3.43. The summed E-state index contributed by atoms with van der Waals surface area (Å²) in [4.78, 5) is 12.1. The van der Waals surface area contributed by atoms with Gasteiger partial charge in [0.1, 0.15) is 11.5 Å². The smallest absolute Gasteiger partial charge is 0.255 e. The van der Waals surface area contributed by atoms with E-state index in [0.717, 1.165) is 25.3 Å². The Morgan fingerprint density at radius 3 is 2.88 bits per heavy atom. The van der Waals surface area contributed by atoms with Crippen molar-refractivity contribution in [3.8, 4) is 0 Å². The van der Waals surface area contributed by atoms with E-state index in [1.165, 1.54) is 0 Å². The predicted octanol–water partition coefficient (Wildman–Crippen LogP) is 1.62. The molecule has 4 heteroatoms. The fourth-order valence-electron chi connectivity index (χ4n) is 2.29. The Kier molecular flexibility index (Phi) is 3.52. The molecule has 0 aliphatic carbocycles. The van der Waals surface area contributed by atoms with Crippen molar-refractivity contribution in [2.24, 2.45) is 5.92 Å². The lowest BCUT2D eigenvalue weighted by atomic mass is 9.94. The number of carbonyl (C=O) groups is 1. The van der Waals surface area contributed by atoms with Crippen LogP contribution in [0, 0.1) is 19.8 Å². The molecule has 0 bridgehead atoms. The van der Waals surface area contributed by atoms with Gasteiger partial charge in [-0.15, -0.1) is 0 Å². The maximum absolute atomic E-state index is 12.1. The lowest BCUT2D eigenvalue weighted by molar-refractivity contribution is 0.0913. The summed E-state index contributed by atoms with van der Waals surface area (Å²) in [5.41, 5.74) is 0.653. The molecule has 1 aromatic heterocycles. The van der Waals surface area contributed by atoms with Crippen LogP contribution < -0.4 is 10.6 Å². The van der Waals surface area contributed by atoms with Gasteiger partial charge in [-0.3, -0.25) is 4.79 Å². The zero-order chi connectivity index (χ0) is 12.4. The lowest BCUT2D eigenvalue weighted by Crippen LogP contribution is -2.50. The second-order valence-corrected chi connectivity index (χ2v) is 4.88. The van der Waals surface area contributed by atoms with Crippen molar-refractivity contribution >= 4 is 5.91 Å². The standard InChI is InChI=1S/C13H20N2O2/c1-8-4-5-14-7-12(8)15-13(16)11-6-9(2)17-10(11)3/h6,8,12,14H,4-5,7H2,1-3H3,(H,15,16). The normalized spacial score (nSPS) is 24.6. The molecule has 1 aliphatic rings. The van der Waals surface area contributed by atoms with Crippen molar-refractivity contribution in [2.45, 2.75) is 33.2 Å². The van der Waals surface area contributed by atoms with E-state index in [1.54, 1.807) is 6.07 Å².